The molecule has 1 heterocycles. The van der Waals surface area contributed by atoms with E-state index in [1.165, 1.54) is 0 Å². The van der Waals surface area contributed by atoms with E-state index in [4.69, 9.17) is 5.11 Å². The number of likely N-dealkylation sites (N-methyl/N-ethyl adjacent to an activating group) is 1. The molecule has 0 bridgehead atoms. The second-order valence-corrected chi connectivity index (χ2v) is 4.65. The maximum atomic E-state index is 10.5. The molecule has 1 aliphatic heterocycles. The summed E-state index contributed by atoms with van der Waals surface area (Å²) < 4.78 is 0. The Kier molecular flexibility index (Phi) is 4.07. The number of hydrogen-bond acceptors (Lipinski definition) is 4. The van der Waals surface area contributed by atoms with E-state index in [2.05, 4.69) is 16.8 Å². The van der Waals surface area contributed by atoms with Crippen molar-refractivity contribution in [3.05, 3.63) is 0 Å². The molecule has 1 fully saturated rings. The van der Waals surface area contributed by atoms with E-state index in [1.807, 2.05) is 0 Å². The first-order valence-corrected chi connectivity index (χ1v) is 5.24. The van der Waals surface area contributed by atoms with Crippen molar-refractivity contribution in [3.8, 4) is 0 Å². The first-order chi connectivity index (χ1) is 6.89. The summed E-state index contributed by atoms with van der Waals surface area (Å²) in [5.41, 5.74) is -1.12. The van der Waals surface area contributed by atoms with E-state index in [-0.39, 0.29) is 6.42 Å². The largest absolute Gasteiger partial charge is 0.481 e. The lowest BCUT2D eigenvalue weighted by molar-refractivity contribution is -0.142. The number of β-amino-alcohol motifs (C(OH)–C–C–N with tert-alkyl or cyclic N) is 1. The Labute approximate surface area is 90.3 Å². The number of piperazine rings is 1. The van der Waals surface area contributed by atoms with Gasteiger partial charge in [0.05, 0.1) is 12.0 Å². The van der Waals surface area contributed by atoms with Crippen LogP contribution in [0.25, 0.3) is 0 Å². The maximum Gasteiger partial charge on any atom is 0.306 e. The molecule has 0 aliphatic carbocycles. The Balaban J connectivity index is 2.36. The van der Waals surface area contributed by atoms with Gasteiger partial charge >= 0.3 is 5.97 Å². The standard InChI is InChI=1S/C10H20N2O3/c1-10(15,7-9(13)14)8-12-5-3-11(2)4-6-12/h15H,3-8H2,1-2H3,(H,13,14). The number of hydrogen-bond donors (Lipinski definition) is 2. The minimum absolute atomic E-state index is 0.195. The van der Waals surface area contributed by atoms with Gasteiger partial charge in [-0.15, -0.1) is 0 Å². The van der Waals surface area contributed by atoms with Gasteiger partial charge in [0.15, 0.2) is 0 Å². The quantitative estimate of drug-likeness (QED) is 0.661. The zero-order valence-corrected chi connectivity index (χ0v) is 9.44. The molecule has 5 heteroatoms. The maximum absolute atomic E-state index is 10.5. The van der Waals surface area contributed by atoms with Gasteiger partial charge in [0.25, 0.3) is 0 Å². The molecule has 2 N–H and O–H groups in total. The highest BCUT2D eigenvalue weighted by Crippen LogP contribution is 2.12. The van der Waals surface area contributed by atoms with Crippen LogP contribution < -0.4 is 0 Å². The molecule has 1 rings (SSSR count). The van der Waals surface area contributed by atoms with E-state index in [1.54, 1.807) is 6.92 Å². The molecular formula is C10H20N2O3. The fourth-order valence-corrected chi connectivity index (χ4v) is 1.87. The zero-order valence-electron chi connectivity index (χ0n) is 9.44. The van der Waals surface area contributed by atoms with Crippen molar-refractivity contribution in [1.29, 1.82) is 0 Å². The molecule has 0 spiro atoms. The van der Waals surface area contributed by atoms with Crippen LogP contribution in [0.5, 0.6) is 0 Å². The van der Waals surface area contributed by atoms with Crippen LogP contribution in [-0.4, -0.2) is 71.4 Å². The average molecular weight is 216 g/mol. The van der Waals surface area contributed by atoms with Gasteiger partial charge in [0, 0.05) is 32.7 Å². The van der Waals surface area contributed by atoms with Crippen LogP contribution in [-0.2, 0) is 4.79 Å². The molecule has 15 heavy (non-hydrogen) atoms. The van der Waals surface area contributed by atoms with Crippen molar-refractivity contribution in [2.45, 2.75) is 18.9 Å². The van der Waals surface area contributed by atoms with Gasteiger partial charge in [0.2, 0.25) is 0 Å². The summed E-state index contributed by atoms with van der Waals surface area (Å²) in [5, 5.41) is 18.5. The Morgan fingerprint density at radius 2 is 1.87 bits per heavy atom. The molecule has 0 aromatic heterocycles. The molecule has 1 aliphatic rings. The SMILES string of the molecule is CN1CCN(CC(C)(O)CC(=O)O)CC1. The predicted molar refractivity (Wildman–Crippen MR) is 56.8 cm³/mol. The van der Waals surface area contributed by atoms with Gasteiger partial charge in [-0.2, -0.15) is 0 Å². The predicted octanol–water partition coefficient (Wildman–Crippen LogP) is -0.540. The Morgan fingerprint density at radius 1 is 1.33 bits per heavy atom. The number of rotatable bonds is 4. The van der Waals surface area contributed by atoms with Gasteiger partial charge in [-0.05, 0) is 14.0 Å². The van der Waals surface area contributed by atoms with E-state index < -0.39 is 11.6 Å². The lowest BCUT2D eigenvalue weighted by Gasteiger charge is -2.36. The second kappa shape index (κ2) is 4.92. The lowest BCUT2D eigenvalue weighted by Crippen LogP contribution is -2.50. The Morgan fingerprint density at radius 3 is 2.33 bits per heavy atom. The summed E-state index contributed by atoms with van der Waals surface area (Å²) in [6.45, 7) is 5.76. The third-order valence-electron chi connectivity index (χ3n) is 2.69. The molecule has 0 radical (unpaired) electrons. The summed E-state index contributed by atoms with van der Waals surface area (Å²) in [7, 11) is 2.06. The van der Waals surface area contributed by atoms with Gasteiger partial charge in [-0.1, -0.05) is 0 Å². The van der Waals surface area contributed by atoms with Crippen molar-refractivity contribution >= 4 is 5.97 Å². The fraction of sp³-hybridized carbons (Fsp3) is 0.900. The van der Waals surface area contributed by atoms with Gasteiger partial charge in [0.1, 0.15) is 0 Å². The molecule has 1 saturated heterocycles. The number of aliphatic hydroxyl groups is 1. The summed E-state index contributed by atoms with van der Waals surface area (Å²) in [4.78, 5) is 14.9. The summed E-state index contributed by atoms with van der Waals surface area (Å²) in [5.74, 6) is -0.950. The van der Waals surface area contributed by atoms with Crippen molar-refractivity contribution in [3.63, 3.8) is 0 Å². The summed E-state index contributed by atoms with van der Waals surface area (Å²) in [6, 6.07) is 0. The average Bonchev–Trinajstić information content (AvgIpc) is 2.06. The van der Waals surface area contributed by atoms with Crippen LogP contribution in [0.2, 0.25) is 0 Å². The van der Waals surface area contributed by atoms with E-state index in [0.29, 0.717) is 6.54 Å². The molecule has 1 unspecified atom stereocenters. The molecular weight excluding hydrogens is 196 g/mol. The number of carboxylic acid groups (broad SMARTS) is 1. The monoisotopic (exact) mass is 216 g/mol. The minimum Gasteiger partial charge on any atom is -0.481 e. The lowest BCUT2D eigenvalue weighted by atomic mass is 10.0. The molecule has 0 aromatic rings. The van der Waals surface area contributed by atoms with Crippen LogP contribution in [0.4, 0.5) is 0 Å². The van der Waals surface area contributed by atoms with E-state index in [0.717, 1.165) is 26.2 Å². The molecule has 0 saturated carbocycles. The number of aliphatic carboxylic acids is 1. The van der Waals surface area contributed by atoms with Crippen molar-refractivity contribution < 1.29 is 15.0 Å². The molecule has 88 valence electrons. The smallest absolute Gasteiger partial charge is 0.306 e. The van der Waals surface area contributed by atoms with Crippen molar-refractivity contribution in [1.82, 2.24) is 9.80 Å². The molecule has 5 nitrogen and oxygen atoms in total. The third kappa shape index (κ3) is 4.59. The van der Waals surface area contributed by atoms with Crippen molar-refractivity contribution in [2.24, 2.45) is 0 Å². The van der Waals surface area contributed by atoms with E-state index >= 15 is 0 Å². The third-order valence-corrected chi connectivity index (χ3v) is 2.69. The van der Waals surface area contributed by atoms with Crippen LogP contribution >= 0.6 is 0 Å². The topological polar surface area (TPSA) is 64.0 Å². The highest BCUT2D eigenvalue weighted by Gasteiger charge is 2.28. The fourth-order valence-electron chi connectivity index (χ4n) is 1.87. The second-order valence-electron chi connectivity index (χ2n) is 4.65. The Hall–Kier alpha value is -0.650. The highest BCUT2D eigenvalue weighted by molar-refractivity contribution is 5.68. The van der Waals surface area contributed by atoms with Crippen LogP contribution in [0.15, 0.2) is 0 Å². The first kappa shape index (κ1) is 12.4. The van der Waals surface area contributed by atoms with Crippen LogP contribution in [0.1, 0.15) is 13.3 Å². The van der Waals surface area contributed by atoms with Gasteiger partial charge in [-0.3, -0.25) is 9.69 Å². The van der Waals surface area contributed by atoms with Gasteiger partial charge in [-0.25, -0.2) is 0 Å². The zero-order chi connectivity index (χ0) is 11.5. The molecule has 0 aromatic carbocycles. The first-order valence-electron chi connectivity index (χ1n) is 5.24. The summed E-state index contributed by atoms with van der Waals surface area (Å²) >= 11 is 0. The minimum atomic E-state index is -1.12. The summed E-state index contributed by atoms with van der Waals surface area (Å²) in [6.07, 6.45) is -0.195. The van der Waals surface area contributed by atoms with E-state index in [9.17, 15) is 9.90 Å². The molecule has 0 amide bonds. The van der Waals surface area contributed by atoms with Crippen LogP contribution in [0, 0.1) is 0 Å². The van der Waals surface area contributed by atoms with Crippen LogP contribution in [0.3, 0.4) is 0 Å². The normalized spacial score (nSPS) is 23.7. The van der Waals surface area contributed by atoms with Crippen molar-refractivity contribution in [2.75, 3.05) is 39.8 Å². The number of carboxylic acids is 1. The number of nitrogens with zero attached hydrogens (tertiary/aromatic N) is 2. The van der Waals surface area contributed by atoms with Gasteiger partial charge < -0.3 is 15.1 Å². The number of carbonyl (C=O) groups is 1. The Bertz CT molecular complexity index is 223. The molecule has 1 atom stereocenters. The highest BCUT2D eigenvalue weighted by atomic mass is 16.4.